The maximum Gasteiger partial charge on any atom is 0.407 e. The summed E-state index contributed by atoms with van der Waals surface area (Å²) < 4.78 is 5.27. The second-order valence-corrected chi connectivity index (χ2v) is 7.65. The Balaban J connectivity index is 1.78. The largest absolute Gasteiger partial charge is 0.465 e. The molecular formula is C17H22Cl2N4O5. The highest BCUT2D eigenvalue weighted by Gasteiger charge is 2.39. The minimum absolute atomic E-state index is 0.0225. The second kappa shape index (κ2) is 8.59. The van der Waals surface area contributed by atoms with Crippen LogP contribution in [0.15, 0.2) is 0 Å². The predicted molar refractivity (Wildman–Crippen MR) is 102 cm³/mol. The molecule has 11 heteroatoms. The van der Waals surface area contributed by atoms with Gasteiger partial charge >= 0.3 is 6.09 Å². The summed E-state index contributed by atoms with van der Waals surface area (Å²) in [5, 5.41) is 12.5. The lowest BCUT2D eigenvalue weighted by Gasteiger charge is -2.39. The highest BCUT2D eigenvalue weighted by Crippen LogP contribution is 2.29. The van der Waals surface area contributed by atoms with Gasteiger partial charge in [-0.25, -0.2) is 4.79 Å². The third-order valence-electron chi connectivity index (χ3n) is 5.12. The fourth-order valence-corrected chi connectivity index (χ4v) is 3.95. The molecule has 1 aromatic rings. The smallest absolute Gasteiger partial charge is 0.407 e. The number of ether oxygens (including phenoxy) is 1. The van der Waals surface area contributed by atoms with Crippen molar-refractivity contribution in [1.29, 1.82) is 0 Å². The molecule has 1 aromatic heterocycles. The van der Waals surface area contributed by atoms with Crippen LogP contribution < -0.4 is 5.32 Å². The molecule has 0 aromatic carbocycles. The van der Waals surface area contributed by atoms with Crippen molar-refractivity contribution in [2.24, 2.45) is 5.92 Å². The maximum atomic E-state index is 13.0. The lowest BCUT2D eigenvalue weighted by atomic mass is 9.90. The lowest BCUT2D eigenvalue weighted by molar-refractivity contribution is -0.142. The Morgan fingerprint density at radius 2 is 1.82 bits per heavy atom. The third-order valence-corrected chi connectivity index (χ3v) is 6.07. The number of aromatic nitrogens is 1. The molecule has 2 saturated heterocycles. The number of nitrogens with zero attached hydrogens (tertiary/aromatic N) is 2. The van der Waals surface area contributed by atoms with E-state index >= 15 is 0 Å². The lowest BCUT2D eigenvalue weighted by Crippen LogP contribution is -2.58. The van der Waals surface area contributed by atoms with Crippen LogP contribution in [0, 0.1) is 12.8 Å². The number of nitrogens with one attached hydrogen (secondary N) is 2. The van der Waals surface area contributed by atoms with E-state index in [1.807, 2.05) is 0 Å². The summed E-state index contributed by atoms with van der Waals surface area (Å²) in [5.41, 5.74) is 0.695. The van der Waals surface area contributed by atoms with Gasteiger partial charge in [-0.3, -0.25) is 9.59 Å². The van der Waals surface area contributed by atoms with E-state index in [9.17, 15) is 19.5 Å². The monoisotopic (exact) mass is 432 g/mol. The van der Waals surface area contributed by atoms with Gasteiger partial charge in [-0.15, -0.1) is 0 Å². The molecule has 0 aliphatic carbocycles. The normalized spacial score (nSPS) is 22.8. The van der Waals surface area contributed by atoms with Gasteiger partial charge in [0, 0.05) is 37.9 Å². The number of rotatable bonds is 3. The minimum atomic E-state index is -1.08. The SMILES string of the molecule is Cc1[nH]c(C(=O)NC2CCN(C(=O)O)CC2C(=O)N2CCOCC2)c(Cl)c1Cl. The number of amides is 3. The molecule has 2 aliphatic rings. The third kappa shape index (κ3) is 4.21. The summed E-state index contributed by atoms with van der Waals surface area (Å²) in [6.07, 6.45) is -0.761. The van der Waals surface area contributed by atoms with Crippen molar-refractivity contribution in [3.8, 4) is 0 Å². The second-order valence-electron chi connectivity index (χ2n) is 6.89. The minimum Gasteiger partial charge on any atom is -0.465 e. The number of H-pyrrole nitrogens is 1. The van der Waals surface area contributed by atoms with E-state index in [2.05, 4.69) is 10.3 Å². The highest BCUT2D eigenvalue weighted by molar-refractivity contribution is 6.44. The van der Waals surface area contributed by atoms with Gasteiger partial charge in [-0.2, -0.15) is 0 Å². The fourth-order valence-electron chi connectivity index (χ4n) is 3.54. The molecule has 154 valence electrons. The Morgan fingerprint density at radius 1 is 1.14 bits per heavy atom. The van der Waals surface area contributed by atoms with Crippen molar-refractivity contribution in [2.45, 2.75) is 19.4 Å². The van der Waals surface area contributed by atoms with Gasteiger partial charge in [-0.1, -0.05) is 23.2 Å². The standard InChI is InChI=1S/C17H22Cl2N4O5/c1-9-12(18)13(19)14(20-9)15(24)21-11-2-3-23(17(26)27)8-10(11)16(25)22-4-6-28-7-5-22/h10-11,20H,2-8H2,1H3,(H,21,24)(H,26,27). The number of morpholine rings is 1. The van der Waals surface area contributed by atoms with Gasteiger partial charge in [0.25, 0.3) is 5.91 Å². The molecule has 3 heterocycles. The van der Waals surface area contributed by atoms with Crippen molar-refractivity contribution < 1.29 is 24.2 Å². The molecule has 0 bridgehead atoms. The fraction of sp³-hybridized carbons (Fsp3) is 0.588. The highest BCUT2D eigenvalue weighted by atomic mass is 35.5. The molecule has 0 spiro atoms. The van der Waals surface area contributed by atoms with E-state index in [4.69, 9.17) is 27.9 Å². The number of carbonyl (C=O) groups excluding carboxylic acids is 2. The Hall–Kier alpha value is -1.97. The van der Waals surface area contributed by atoms with Crippen molar-refractivity contribution in [2.75, 3.05) is 39.4 Å². The van der Waals surface area contributed by atoms with Gasteiger partial charge in [0.05, 0.1) is 29.2 Å². The van der Waals surface area contributed by atoms with Crippen LogP contribution in [0.1, 0.15) is 22.6 Å². The molecule has 2 fully saturated rings. The topological polar surface area (TPSA) is 115 Å². The maximum absolute atomic E-state index is 13.0. The molecule has 2 aliphatic heterocycles. The van der Waals surface area contributed by atoms with Crippen molar-refractivity contribution in [1.82, 2.24) is 20.1 Å². The van der Waals surface area contributed by atoms with Gasteiger partial charge in [0.2, 0.25) is 5.91 Å². The number of carboxylic acid groups (broad SMARTS) is 1. The zero-order valence-corrected chi connectivity index (χ0v) is 16.8. The van der Waals surface area contributed by atoms with Crippen LogP contribution in [0.5, 0.6) is 0 Å². The number of halogens is 2. The summed E-state index contributed by atoms with van der Waals surface area (Å²) in [7, 11) is 0. The van der Waals surface area contributed by atoms with Crippen molar-refractivity contribution >= 4 is 41.1 Å². The van der Waals surface area contributed by atoms with E-state index in [0.29, 0.717) is 38.4 Å². The summed E-state index contributed by atoms with van der Waals surface area (Å²) >= 11 is 12.1. The van der Waals surface area contributed by atoms with Crippen LogP contribution in [-0.2, 0) is 9.53 Å². The average Bonchev–Trinajstić information content (AvgIpc) is 2.95. The van der Waals surface area contributed by atoms with Gasteiger partial charge < -0.3 is 29.9 Å². The van der Waals surface area contributed by atoms with E-state index in [1.165, 1.54) is 4.90 Å². The number of hydrogen-bond donors (Lipinski definition) is 3. The van der Waals surface area contributed by atoms with Crippen LogP contribution in [0.3, 0.4) is 0 Å². The predicted octanol–water partition coefficient (Wildman–Crippen LogP) is 1.59. The molecule has 3 N–H and O–H groups in total. The first-order valence-electron chi connectivity index (χ1n) is 8.98. The number of aryl methyl sites for hydroxylation is 1. The Labute approximate surface area is 171 Å². The van der Waals surface area contributed by atoms with Crippen LogP contribution >= 0.6 is 23.2 Å². The van der Waals surface area contributed by atoms with E-state index in [1.54, 1.807) is 11.8 Å². The number of aromatic amines is 1. The number of hydrogen-bond acceptors (Lipinski definition) is 4. The molecular weight excluding hydrogens is 411 g/mol. The number of carbonyl (C=O) groups is 3. The van der Waals surface area contributed by atoms with E-state index in [-0.39, 0.29) is 34.7 Å². The Morgan fingerprint density at radius 3 is 2.39 bits per heavy atom. The molecule has 0 saturated carbocycles. The van der Waals surface area contributed by atoms with Gasteiger partial charge in [-0.05, 0) is 13.3 Å². The van der Waals surface area contributed by atoms with Gasteiger partial charge in [0.1, 0.15) is 5.69 Å². The van der Waals surface area contributed by atoms with Gasteiger partial charge in [0.15, 0.2) is 0 Å². The van der Waals surface area contributed by atoms with Crippen LogP contribution in [0.2, 0.25) is 10.0 Å². The number of likely N-dealkylation sites (tertiary alicyclic amines) is 1. The zero-order valence-electron chi connectivity index (χ0n) is 15.3. The van der Waals surface area contributed by atoms with E-state index < -0.39 is 24.0 Å². The molecule has 2 atom stereocenters. The van der Waals surface area contributed by atoms with Crippen molar-refractivity contribution in [3.63, 3.8) is 0 Å². The molecule has 2 unspecified atom stereocenters. The van der Waals surface area contributed by atoms with Crippen molar-refractivity contribution in [3.05, 3.63) is 21.4 Å². The first-order chi connectivity index (χ1) is 13.3. The summed E-state index contributed by atoms with van der Waals surface area (Å²) in [5.74, 6) is -1.35. The first-order valence-corrected chi connectivity index (χ1v) is 9.74. The average molecular weight is 433 g/mol. The Kier molecular flexibility index (Phi) is 6.36. The molecule has 3 amide bonds. The van der Waals surface area contributed by atoms with Crippen LogP contribution in [0.4, 0.5) is 4.79 Å². The zero-order chi connectivity index (χ0) is 20.4. The Bertz CT molecular complexity index is 778. The molecule has 0 radical (unpaired) electrons. The summed E-state index contributed by atoms with van der Waals surface area (Å²) in [6.45, 7) is 3.71. The molecule has 3 rings (SSSR count). The molecule has 9 nitrogen and oxygen atoms in total. The quantitative estimate of drug-likeness (QED) is 0.670. The summed E-state index contributed by atoms with van der Waals surface area (Å²) in [4.78, 5) is 42.8. The van der Waals surface area contributed by atoms with E-state index in [0.717, 1.165) is 0 Å². The first kappa shape index (κ1) is 20.8. The van der Waals surface area contributed by atoms with Crippen LogP contribution in [0.25, 0.3) is 0 Å². The molecule has 28 heavy (non-hydrogen) atoms. The number of piperidine rings is 1. The van der Waals surface area contributed by atoms with Crippen LogP contribution in [-0.4, -0.2) is 83.2 Å². The summed E-state index contributed by atoms with van der Waals surface area (Å²) in [6, 6.07) is -0.517.